The number of methoxy groups -OCH3 is 1. The van der Waals surface area contributed by atoms with Crippen molar-refractivity contribution in [1.82, 2.24) is 4.98 Å². The molecule has 0 aliphatic carbocycles. The Kier molecular flexibility index (Phi) is 2.56. The van der Waals surface area contributed by atoms with Crippen molar-refractivity contribution >= 4 is 27.6 Å². The van der Waals surface area contributed by atoms with Crippen LogP contribution in [0.4, 0.5) is 0 Å². The summed E-state index contributed by atoms with van der Waals surface area (Å²) in [4.78, 5) is 15.1. The largest absolute Gasteiger partial charge is 0.494 e. The van der Waals surface area contributed by atoms with Gasteiger partial charge in [0.05, 0.1) is 12.6 Å². The predicted octanol–water partition coefficient (Wildman–Crippen LogP) is 3.84. The van der Waals surface area contributed by atoms with E-state index >= 15 is 0 Å². The number of carbonyl (C=O) groups is 1. The molecule has 0 aliphatic heterocycles. The van der Waals surface area contributed by atoms with Gasteiger partial charge in [-0.05, 0) is 26.0 Å². The Balaban J connectivity index is 2.53. The standard InChI is InChI=1S/C16H15NO2/c1-9-12(10(2)18)8-13-11-6-4-5-7-14(11)17-15(13)16(9)19-3/h4-8,17H,1-3H3. The first kappa shape index (κ1) is 11.8. The van der Waals surface area contributed by atoms with Crippen LogP contribution < -0.4 is 4.74 Å². The van der Waals surface area contributed by atoms with Gasteiger partial charge in [0.2, 0.25) is 0 Å². The molecular formula is C16H15NO2. The summed E-state index contributed by atoms with van der Waals surface area (Å²) in [5, 5.41) is 2.14. The number of ketones is 1. The van der Waals surface area contributed by atoms with E-state index in [2.05, 4.69) is 4.98 Å². The van der Waals surface area contributed by atoms with Crippen LogP contribution in [-0.2, 0) is 0 Å². The maximum atomic E-state index is 11.8. The van der Waals surface area contributed by atoms with Gasteiger partial charge in [-0.3, -0.25) is 4.79 Å². The van der Waals surface area contributed by atoms with Gasteiger partial charge in [-0.2, -0.15) is 0 Å². The fraction of sp³-hybridized carbons (Fsp3) is 0.188. The molecule has 0 bridgehead atoms. The van der Waals surface area contributed by atoms with Crippen LogP contribution in [0, 0.1) is 6.92 Å². The molecule has 0 aliphatic rings. The van der Waals surface area contributed by atoms with Crippen LogP contribution >= 0.6 is 0 Å². The van der Waals surface area contributed by atoms with Crippen molar-refractivity contribution in [2.75, 3.05) is 7.11 Å². The minimum atomic E-state index is 0.0583. The monoisotopic (exact) mass is 253 g/mol. The van der Waals surface area contributed by atoms with Crippen molar-refractivity contribution in [3.63, 3.8) is 0 Å². The number of hydrogen-bond donors (Lipinski definition) is 1. The van der Waals surface area contributed by atoms with Crippen LogP contribution in [0.15, 0.2) is 30.3 Å². The third kappa shape index (κ3) is 1.62. The van der Waals surface area contributed by atoms with Crippen molar-refractivity contribution in [1.29, 1.82) is 0 Å². The van der Waals surface area contributed by atoms with Gasteiger partial charge in [0, 0.05) is 27.4 Å². The number of ether oxygens (including phenoxy) is 1. The van der Waals surface area contributed by atoms with E-state index < -0.39 is 0 Å². The molecule has 19 heavy (non-hydrogen) atoms. The maximum Gasteiger partial charge on any atom is 0.160 e. The number of H-pyrrole nitrogens is 1. The van der Waals surface area contributed by atoms with Crippen LogP contribution in [0.25, 0.3) is 21.8 Å². The Morgan fingerprint density at radius 1 is 1.21 bits per heavy atom. The molecule has 96 valence electrons. The van der Waals surface area contributed by atoms with Crippen molar-refractivity contribution in [3.05, 3.63) is 41.5 Å². The van der Waals surface area contributed by atoms with Gasteiger partial charge in [-0.25, -0.2) is 0 Å². The molecular weight excluding hydrogens is 238 g/mol. The molecule has 0 saturated carbocycles. The fourth-order valence-electron chi connectivity index (χ4n) is 2.68. The highest BCUT2D eigenvalue weighted by Crippen LogP contribution is 2.36. The molecule has 2 aromatic carbocycles. The van der Waals surface area contributed by atoms with Crippen molar-refractivity contribution < 1.29 is 9.53 Å². The van der Waals surface area contributed by atoms with Crippen LogP contribution in [-0.4, -0.2) is 17.9 Å². The molecule has 0 spiro atoms. The molecule has 3 heteroatoms. The number of carbonyl (C=O) groups excluding carboxylic acids is 1. The van der Waals surface area contributed by atoms with E-state index in [0.29, 0.717) is 5.56 Å². The lowest BCUT2D eigenvalue weighted by Gasteiger charge is -2.10. The minimum absolute atomic E-state index is 0.0583. The molecule has 3 aromatic rings. The van der Waals surface area contributed by atoms with E-state index in [9.17, 15) is 4.79 Å². The molecule has 0 radical (unpaired) electrons. The number of nitrogens with one attached hydrogen (secondary N) is 1. The van der Waals surface area contributed by atoms with Crippen LogP contribution in [0.5, 0.6) is 5.75 Å². The van der Waals surface area contributed by atoms with E-state index in [4.69, 9.17) is 4.74 Å². The number of aromatic amines is 1. The van der Waals surface area contributed by atoms with E-state index in [0.717, 1.165) is 33.1 Å². The summed E-state index contributed by atoms with van der Waals surface area (Å²) in [6, 6.07) is 10.0. The Morgan fingerprint density at radius 3 is 2.63 bits per heavy atom. The highest BCUT2D eigenvalue weighted by atomic mass is 16.5. The summed E-state index contributed by atoms with van der Waals surface area (Å²) in [7, 11) is 1.64. The van der Waals surface area contributed by atoms with Crippen molar-refractivity contribution in [2.45, 2.75) is 13.8 Å². The second kappa shape index (κ2) is 4.12. The number of hydrogen-bond acceptors (Lipinski definition) is 2. The number of rotatable bonds is 2. The zero-order valence-electron chi connectivity index (χ0n) is 11.2. The lowest BCUT2D eigenvalue weighted by molar-refractivity contribution is 0.101. The summed E-state index contributed by atoms with van der Waals surface area (Å²) in [6.07, 6.45) is 0. The van der Waals surface area contributed by atoms with Crippen LogP contribution in [0.2, 0.25) is 0 Å². The second-order valence-electron chi connectivity index (χ2n) is 4.73. The Labute approximate surface area is 111 Å². The summed E-state index contributed by atoms with van der Waals surface area (Å²) in [6.45, 7) is 3.50. The number of aromatic nitrogens is 1. The minimum Gasteiger partial charge on any atom is -0.494 e. The first-order chi connectivity index (χ1) is 9.13. The normalized spacial score (nSPS) is 11.1. The number of benzene rings is 2. The Morgan fingerprint density at radius 2 is 1.95 bits per heavy atom. The third-order valence-corrected chi connectivity index (χ3v) is 3.59. The van der Waals surface area contributed by atoms with Gasteiger partial charge in [-0.15, -0.1) is 0 Å². The SMILES string of the molecule is COc1c(C)c(C(C)=O)cc2c1[nH]c1ccccc12. The Hall–Kier alpha value is -2.29. The topological polar surface area (TPSA) is 42.1 Å². The second-order valence-corrected chi connectivity index (χ2v) is 4.73. The molecule has 0 unspecified atom stereocenters. The van der Waals surface area contributed by atoms with Crippen molar-refractivity contribution in [3.8, 4) is 5.75 Å². The fourth-order valence-corrected chi connectivity index (χ4v) is 2.68. The summed E-state index contributed by atoms with van der Waals surface area (Å²) >= 11 is 0. The van der Waals surface area contributed by atoms with Gasteiger partial charge in [-0.1, -0.05) is 18.2 Å². The van der Waals surface area contributed by atoms with E-state index in [1.54, 1.807) is 14.0 Å². The number of Topliss-reactive ketones (excluding diaryl/α,β-unsaturated/α-hetero) is 1. The summed E-state index contributed by atoms with van der Waals surface area (Å²) in [5.74, 6) is 0.807. The quantitative estimate of drug-likeness (QED) is 0.705. The van der Waals surface area contributed by atoms with Gasteiger partial charge in [0.1, 0.15) is 5.75 Å². The summed E-state index contributed by atoms with van der Waals surface area (Å²) < 4.78 is 5.50. The molecule has 3 nitrogen and oxygen atoms in total. The van der Waals surface area contributed by atoms with E-state index in [1.807, 2.05) is 37.3 Å². The molecule has 1 heterocycles. The lowest BCUT2D eigenvalue weighted by atomic mass is 10.0. The zero-order chi connectivity index (χ0) is 13.6. The lowest BCUT2D eigenvalue weighted by Crippen LogP contribution is -1.99. The highest BCUT2D eigenvalue weighted by molar-refractivity contribution is 6.12. The molecule has 3 rings (SSSR count). The number of para-hydroxylation sites is 1. The van der Waals surface area contributed by atoms with Gasteiger partial charge < -0.3 is 9.72 Å². The molecule has 0 saturated heterocycles. The third-order valence-electron chi connectivity index (χ3n) is 3.59. The smallest absolute Gasteiger partial charge is 0.160 e. The van der Waals surface area contributed by atoms with Crippen molar-refractivity contribution in [2.24, 2.45) is 0 Å². The average Bonchev–Trinajstić information content (AvgIpc) is 2.76. The van der Waals surface area contributed by atoms with E-state index in [1.165, 1.54) is 0 Å². The maximum absolute atomic E-state index is 11.8. The van der Waals surface area contributed by atoms with E-state index in [-0.39, 0.29) is 5.78 Å². The first-order valence-corrected chi connectivity index (χ1v) is 6.22. The molecule has 0 amide bonds. The summed E-state index contributed by atoms with van der Waals surface area (Å²) in [5.41, 5.74) is 3.60. The molecule has 1 aromatic heterocycles. The van der Waals surface area contributed by atoms with Gasteiger partial charge >= 0.3 is 0 Å². The zero-order valence-corrected chi connectivity index (χ0v) is 11.2. The molecule has 1 N–H and O–H groups in total. The first-order valence-electron chi connectivity index (χ1n) is 6.22. The average molecular weight is 253 g/mol. The van der Waals surface area contributed by atoms with Gasteiger partial charge in [0.15, 0.2) is 5.78 Å². The van der Waals surface area contributed by atoms with Crippen LogP contribution in [0.3, 0.4) is 0 Å². The number of fused-ring (bicyclic) bond motifs is 3. The predicted molar refractivity (Wildman–Crippen MR) is 77.1 cm³/mol. The Bertz CT molecular complexity index is 799. The molecule has 0 fully saturated rings. The molecule has 0 atom stereocenters. The van der Waals surface area contributed by atoms with Gasteiger partial charge in [0.25, 0.3) is 0 Å². The van der Waals surface area contributed by atoms with Crippen LogP contribution in [0.1, 0.15) is 22.8 Å². The highest BCUT2D eigenvalue weighted by Gasteiger charge is 2.16.